The van der Waals surface area contributed by atoms with Crippen LogP contribution in [-0.2, 0) is 37.5 Å². The van der Waals surface area contributed by atoms with E-state index in [1.807, 2.05) is 0 Å². The largest absolute Gasteiger partial charge is 0.405 e. The average molecular weight is 218 g/mol. The molecule has 0 atom stereocenters. The summed E-state index contributed by atoms with van der Waals surface area (Å²) in [6.07, 6.45) is -3.11. The van der Waals surface area contributed by atoms with Crippen LogP contribution in [0.3, 0.4) is 0 Å². The Hall–Kier alpha value is -0.260. The molecule has 2 aliphatic heterocycles. The summed E-state index contributed by atoms with van der Waals surface area (Å²) in [6.45, 7) is 0. The van der Waals surface area contributed by atoms with Crippen molar-refractivity contribution in [3.63, 3.8) is 0 Å². The van der Waals surface area contributed by atoms with Crippen molar-refractivity contribution in [2.45, 2.75) is 12.6 Å². The molecular formula is C2H2O8S2. The molecule has 2 aliphatic rings. The van der Waals surface area contributed by atoms with E-state index in [0.717, 1.165) is 0 Å². The highest BCUT2D eigenvalue weighted by Gasteiger charge is 2.52. The molecule has 70 valence electrons. The molecule has 0 aromatic carbocycles. The van der Waals surface area contributed by atoms with Gasteiger partial charge < -0.3 is 0 Å². The van der Waals surface area contributed by atoms with E-state index in [9.17, 15) is 16.8 Å². The molecule has 0 radical (unpaired) electrons. The van der Waals surface area contributed by atoms with Gasteiger partial charge in [-0.2, -0.15) is 16.8 Å². The van der Waals surface area contributed by atoms with Gasteiger partial charge in [-0.15, -0.1) is 0 Å². The zero-order valence-electron chi connectivity index (χ0n) is 5.24. The van der Waals surface area contributed by atoms with E-state index in [-0.39, 0.29) is 0 Å². The molecule has 0 aliphatic carbocycles. The summed E-state index contributed by atoms with van der Waals surface area (Å²) in [5, 5.41) is 0. The second-order valence-corrected chi connectivity index (χ2v) is 4.34. The maximum atomic E-state index is 10.5. The lowest BCUT2D eigenvalue weighted by molar-refractivity contribution is -0.0419. The molecule has 2 fully saturated rings. The standard InChI is InChI=1S/C2H2O8S2/c3-11(4)7-1-2(9-11)10-12(5,6)8-1/h1-2H. The Morgan fingerprint density at radius 2 is 0.917 bits per heavy atom. The van der Waals surface area contributed by atoms with Crippen molar-refractivity contribution in [2.75, 3.05) is 0 Å². The Bertz CT molecular complexity index is 325. The van der Waals surface area contributed by atoms with E-state index < -0.39 is 33.4 Å². The van der Waals surface area contributed by atoms with Gasteiger partial charge >= 0.3 is 20.8 Å². The Balaban J connectivity index is 2.28. The number of hydrogen-bond donors (Lipinski definition) is 0. The molecule has 0 bridgehead atoms. The lowest BCUT2D eigenvalue weighted by Gasteiger charge is -1.95. The maximum absolute atomic E-state index is 10.5. The van der Waals surface area contributed by atoms with Crippen molar-refractivity contribution < 1.29 is 33.6 Å². The minimum atomic E-state index is -4.17. The molecule has 0 unspecified atom stereocenters. The van der Waals surface area contributed by atoms with E-state index in [4.69, 9.17) is 0 Å². The first-order valence-corrected chi connectivity index (χ1v) is 5.28. The fourth-order valence-corrected chi connectivity index (χ4v) is 2.36. The third-order valence-corrected chi connectivity index (χ3v) is 2.77. The van der Waals surface area contributed by atoms with Crippen LogP contribution in [0, 0.1) is 0 Å². The lowest BCUT2D eigenvalue weighted by Crippen LogP contribution is -2.16. The highest BCUT2D eigenvalue weighted by atomic mass is 32.3. The summed E-state index contributed by atoms with van der Waals surface area (Å²) < 4.78 is 58.0. The van der Waals surface area contributed by atoms with Crippen molar-refractivity contribution in [2.24, 2.45) is 0 Å². The quantitative estimate of drug-likeness (QED) is 0.470. The smallest absolute Gasteiger partial charge is 0.209 e. The van der Waals surface area contributed by atoms with Crippen molar-refractivity contribution in [3.8, 4) is 0 Å². The van der Waals surface area contributed by atoms with Gasteiger partial charge in [-0.1, -0.05) is 0 Å². The molecule has 0 aromatic rings. The first-order valence-electron chi connectivity index (χ1n) is 2.61. The van der Waals surface area contributed by atoms with E-state index in [0.29, 0.717) is 0 Å². The highest BCUT2D eigenvalue weighted by Crippen LogP contribution is 2.31. The average Bonchev–Trinajstić information content (AvgIpc) is 2.12. The first-order chi connectivity index (χ1) is 5.38. The van der Waals surface area contributed by atoms with Crippen molar-refractivity contribution in [1.29, 1.82) is 0 Å². The van der Waals surface area contributed by atoms with Gasteiger partial charge in [-0.3, -0.25) is 0 Å². The Morgan fingerprint density at radius 1 is 0.667 bits per heavy atom. The molecule has 2 heterocycles. The van der Waals surface area contributed by atoms with E-state index >= 15 is 0 Å². The minimum Gasteiger partial charge on any atom is -0.209 e. The third-order valence-electron chi connectivity index (χ3n) is 1.07. The molecule has 10 heteroatoms. The van der Waals surface area contributed by atoms with Gasteiger partial charge in [0.2, 0.25) is 0 Å². The van der Waals surface area contributed by atoms with E-state index in [2.05, 4.69) is 16.7 Å². The van der Waals surface area contributed by atoms with Crippen LogP contribution < -0.4 is 0 Å². The predicted octanol–water partition coefficient (Wildman–Crippen LogP) is -1.78. The van der Waals surface area contributed by atoms with Crippen molar-refractivity contribution in [1.82, 2.24) is 0 Å². The van der Waals surface area contributed by atoms with E-state index in [1.54, 1.807) is 0 Å². The third kappa shape index (κ3) is 1.32. The van der Waals surface area contributed by atoms with Gasteiger partial charge in [-0.25, -0.2) is 16.7 Å². The second-order valence-electron chi connectivity index (χ2n) is 1.94. The van der Waals surface area contributed by atoms with Gasteiger partial charge in [-0.05, 0) is 0 Å². The minimum absolute atomic E-state index is 1.56. The highest BCUT2D eigenvalue weighted by molar-refractivity contribution is 7.83. The summed E-state index contributed by atoms with van der Waals surface area (Å²) in [6, 6.07) is 0. The Morgan fingerprint density at radius 3 is 1.17 bits per heavy atom. The summed E-state index contributed by atoms with van der Waals surface area (Å²) in [5.74, 6) is 0. The van der Waals surface area contributed by atoms with Gasteiger partial charge in [0.05, 0.1) is 0 Å². The Kier molecular flexibility index (Phi) is 1.50. The van der Waals surface area contributed by atoms with E-state index in [1.165, 1.54) is 0 Å². The van der Waals surface area contributed by atoms with Gasteiger partial charge in [0.1, 0.15) is 0 Å². The van der Waals surface area contributed by atoms with Gasteiger partial charge in [0, 0.05) is 0 Å². The summed E-state index contributed by atoms with van der Waals surface area (Å²) >= 11 is 0. The monoisotopic (exact) mass is 218 g/mol. The van der Waals surface area contributed by atoms with Gasteiger partial charge in [0.25, 0.3) is 12.6 Å². The molecule has 0 amide bonds. The zero-order valence-corrected chi connectivity index (χ0v) is 6.87. The predicted molar refractivity (Wildman–Crippen MR) is 29.8 cm³/mol. The molecule has 0 spiro atoms. The molecule has 2 rings (SSSR count). The van der Waals surface area contributed by atoms with Crippen LogP contribution in [0.2, 0.25) is 0 Å². The van der Waals surface area contributed by atoms with Crippen LogP contribution in [0.4, 0.5) is 0 Å². The molecule has 2 saturated heterocycles. The topological polar surface area (TPSA) is 105 Å². The Labute approximate surface area is 67.6 Å². The fraction of sp³-hybridized carbons (Fsp3) is 1.00. The molecule has 0 saturated carbocycles. The van der Waals surface area contributed by atoms with Crippen molar-refractivity contribution in [3.05, 3.63) is 0 Å². The van der Waals surface area contributed by atoms with Crippen molar-refractivity contribution >= 4 is 20.8 Å². The summed E-state index contributed by atoms with van der Waals surface area (Å²) in [7, 11) is -8.34. The molecule has 0 N–H and O–H groups in total. The second kappa shape index (κ2) is 2.16. The van der Waals surface area contributed by atoms with Crippen LogP contribution in [-0.4, -0.2) is 29.4 Å². The SMILES string of the molecule is O=S1(=O)OC2OS(=O)(=O)OC2O1. The molecule has 0 aromatic heterocycles. The van der Waals surface area contributed by atoms with Crippen LogP contribution in [0.15, 0.2) is 0 Å². The number of fused-ring (bicyclic) bond motifs is 1. The van der Waals surface area contributed by atoms with Crippen LogP contribution >= 0.6 is 0 Å². The first kappa shape index (κ1) is 8.34. The number of rotatable bonds is 0. The molecule has 12 heavy (non-hydrogen) atoms. The zero-order chi connectivity index (χ0) is 8.98. The van der Waals surface area contributed by atoms with Gasteiger partial charge in [0.15, 0.2) is 0 Å². The fourth-order valence-electron chi connectivity index (χ4n) is 0.723. The summed E-state index contributed by atoms with van der Waals surface area (Å²) in [5.41, 5.74) is 0. The van der Waals surface area contributed by atoms with Crippen LogP contribution in [0.5, 0.6) is 0 Å². The summed E-state index contributed by atoms with van der Waals surface area (Å²) in [4.78, 5) is 0. The number of hydrogen-bond acceptors (Lipinski definition) is 8. The maximum Gasteiger partial charge on any atom is 0.405 e. The molecular weight excluding hydrogens is 216 g/mol. The lowest BCUT2D eigenvalue weighted by atomic mass is 10.6. The molecule has 8 nitrogen and oxygen atoms in total. The van der Waals surface area contributed by atoms with Crippen LogP contribution in [0.1, 0.15) is 0 Å². The van der Waals surface area contributed by atoms with Crippen LogP contribution in [0.25, 0.3) is 0 Å². The normalized spacial score (nSPS) is 42.7.